The van der Waals surface area contributed by atoms with Crippen LogP contribution in [0.15, 0.2) is 6.20 Å². The Hall–Kier alpha value is -1.85. The summed E-state index contributed by atoms with van der Waals surface area (Å²) in [7, 11) is 7.73. The van der Waals surface area contributed by atoms with Crippen molar-refractivity contribution in [2.75, 3.05) is 38.0 Å². The van der Waals surface area contributed by atoms with Crippen molar-refractivity contribution < 1.29 is 0 Å². The molecule has 0 aliphatic rings. The molecule has 0 aromatic carbocycles. The SMILES string of the molecule is CN(C)c1nc(N(C)C)c2cn[nH]c2n1. The predicted molar refractivity (Wildman–Crippen MR) is 60.3 cm³/mol. The van der Waals surface area contributed by atoms with Crippen LogP contribution in [-0.4, -0.2) is 48.4 Å². The van der Waals surface area contributed by atoms with Crippen molar-refractivity contribution in [3.63, 3.8) is 0 Å². The Labute approximate surface area is 87.9 Å². The maximum atomic E-state index is 4.45. The summed E-state index contributed by atoms with van der Waals surface area (Å²) in [5, 5.41) is 7.76. The summed E-state index contributed by atoms with van der Waals surface area (Å²) >= 11 is 0. The zero-order valence-corrected chi connectivity index (χ0v) is 9.31. The lowest BCUT2D eigenvalue weighted by Crippen LogP contribution is -2.17. The van der Waals surface area contributed by atoms with Crippen LogP contribution in [0.4, 0.5) is 11.8 Å². The molecule has 0 saturated carbocycles. The van der Waals surface area contributed by atoms with E-state index in [1.807, 2.05) is 38.0 Å². The summed E-state index contributed by atoms with van der Waals surface area (Å²) in [6.07, 6.45) is 1.74. The van der Waals surface area contributed by atoms with Crippen molar-refractivity contribution in [3.8, 4) is 0 Å². The molecule has 0 unspecified atom stereocenters. The molecule has 0 amide bonds. The minimum Gasteiger partial charge on any atom is -0.362 e. The molecule has 2 aromatic heterocycles. The van der Waals surface area contributed by atoms with Crippen LogP contribution in [0.25, 0.3) is 11.0 Å². The van der Waals surface area contributed by atoms with Crippen molar-refractivity contribution >= 4 is 22.8 Å². The zero-order valence-electron chi connectivity index (χ0n) is 9.31. The van der Waals surface area contributed by atoms with Gasteiger partial charge in [0.25, 0.3) is 0 Å². The standard InChI is InChI=1S/C9H14N6/c1-14(2)8-6-5-10-13-7(6)11-9(12-8)15(3)4/h5H,1-4H3,(H,10,11,12,13). The Morgan fingerprint density at radius 3 is 2.40 bits per heavy atom. The molecule has 0 spiro atoms. The van der Waals surface area contributed by atoms with Crippen molar-refractivity contribution in [1.29, 1.82) is 0 Å². The van der Waals surface area contributed by atoms with E-state index in [1.165, 1.54) is 0 Å². The first-order valence-corrected chi connectivity index (χ1v) is 4.65. The van der Waals surface area contributed by atoms with Gasteiger partial charge in [-0.05, 0) is 0 Å². The van der Waals surface area contributed by atoms with E-state index >= 15 is 0 Å². The number of hydrogen-bond acceptors (Lipinski definition) is 5. The summed E-state index contributed by atoms with van der Waals surface area (Å²) in [5.74, 6) is 1.55. The van der Waals surface area contributed by atoms with Crippen molar-refractivity contribution in [1.82, 2.24) is 20.2 Å². The smallest absolute Gasteiger partial charge is 0.228 e. The third-order valence-electron chi connectivity index (χ3n) is 2.10. The highest BCUT2D eigenvalue weighted by molar-refractivity contribution is 5.87. The fraction of sp³-hybridized carbons (Fsp3) is 0.444. The molecule has 80 valence electrons. The van der Waals surface area contributed by atoms with E-state index < -0.39 is 0 Å². The summed E-state index contributed by atoms with van der Waals surface area (Å²) in [4.78, 5) is 12.6. The number of aromatic amines is 1. The van der Waals surface area contributed by atoms with Crippen LogP contribution in [0.1, 0.15) is 0 Å². The largest absolute Gasteiger partial charge is 0.362 e. The lowest BCUT2D eigenvalue weighted by molar-refractivity contribution is 0.980. The number of anilines is 2. The Balaban J connectivity index is 2.69. The molecule has 2 heterocycles. The number of hydrogen-bond donors (Lipinski definition) is 1. The fourth-order valence-corrected chi connectivity index (χ4v) is 1.35. The minimum absolute atomic E-state index is 0.676. The fourth-order valence-electron chi connectivity index (χ4n) is 1.35. The highest BCUT2D eigenvalue weighted by Gasteiger charge is 2.11. The number of H-pyrrole nitrogens is 1. The van der Waals surface area contributed by atoms with Gasteiger partial charge < -0.3 is 9.80 Å². The van der Waals surface area contributed by atoms with Gasteiger partial charge in [-0.2, -0.15) is 15.1 Å². The first-order chi connectivity index (χ1) is 7.09. The summed E-state index contributed by atoms with van der Waals surface area (Å²) in [6, 6.07) is 0. The molecule has 0 bridgehead atoms. The van der Waals surface area contributed by atoms with Gasteiger partial charge in [-0.1, -0.05) is 0 Å². The molecule has 0 aliphatic heterocycles. The molecule has 2 aromatic rings. The number of aromatic nitrogens is 4. The quantitative estimate of drug-likeness (QED) is 0.774. The molecule has 6 nitrogen and oxygen atoms in total. The molecule has 0 fully saturated rings. The van der Waals surface area contributed by atoms with Gasteiger partial charge in [0.05, 0.1) is 11.6 Å². The highest BCUT2D eigenvalue weighted by Crippen LogP contribution is 2.22. The molecular weight excluding hydrogens is 192 g/mol. The van der Waals surface area contributed by atoms with Crippen LogP contribution in [0.5, 0.6) is 0 Å². The van der Waals surface area contributed by atoms with Gasteiger partial charge in [0, 0.05) is 28.2 Å². The second-order valence-electron chi connectivity index (χ2n) is 3.77. The third kappa shape index (κ3) is 1.58. The van der Waals surface area contributed by atoms with Crippen LogP contribution in [0.2, 0.25) is 0 Å². The summed E-state index contributed by atoms with van der Waals surface area (Å²) < 4.78 is 0. The second kappa shape index (κ2) is 3.38. The Bertz CT molecular complexity index is 472. The van der Waals surface area contributed by atoms with Gasteiger partial charge in [-0.15, -0.1) is 0 Å². The van der Waals surface area contributed by atoms with Crippen LogP contribution in [0, 0.1) is 0 Å². The molecule has 0 aliphatic carbocycles. The Morgan fingerprint density at radius 1 is 1.07 bits per heavy atom. The van der Waals surface area contributed by atoms with E-state index in [1.54, 1.807) is 6.20 Å². The van der Waals surface area contributed by atoms with E-state index in [9.17, 15) is 0 Å². The zero-order chi connectivity index (χ0) is 11.0. The highest BCUT2D eigenvalue weighted by atomic mass is 15.3. The molecule has 2 rings (SSSR count). The normalized spacial score (nSPS) is 10.7. The van der Waals surface area contributed by atoms with E-state index in [-0.39, 0.29) is 0 Å². The van der Waals surface area contributed by atoms with E-state index in [2.05, 4.69) is 20.2 Å². The molecule has 6 heteroatoms. The lowest BCUT2D eigenvalue weighted by Gasteiger charge is -2.16. The van der Waals surface area contributed by atoms with Crippen molar-refractivity contribution in [2.45, 2.75) is 0 Å². The number of nitrogens with one attached hydrogen (secondary N) is 1. The number of rotatable bonds is 2. The first kappa shape index (κ1) is 9.70. The molecule has 0 atom stereocenters. The van der Waals surface area contributed by atoms with Gasteiger partial charge >= 0.3 is 0 Å². The van der Waals surface area contributed by atoms with Crippen LogP contribution in [0.3, 0.4) is 0 Å². The topological polar surface area (TPSA) is 60.9 Å². The molecule has 15 heavy (non-hydrogen) atoms. The monoisotopic (exact) mass is 206 g/mol. The molecule has 0 radical (unpaired) electrons. The predicted octanol–water partition coefficient (Wildman–Crippen LogP) is 0.485. The Kier molecular flexibility index (Phi) is 2.18. The van der Waals surface area contributed by atoms with Crippen LogP contribution < -0.4 is 9.80 Å². The van der Waals surface area contributed by atoms with Crippen LogP contribution >= 0.6 is 0 Å². The van der Waals surface area contributed by atoms with Crippen molar-refractivity contribution in [3.05, 3.63) is 6.20 Å². The van der Waals surface area contributed by atoms with Crippen LogP contribution in [-0.2, 0) is 0 Å². The minimum atomic E-state index is 0.676. The maximum Gasteiger partial charge on any atom is 0.228 e. The number of fused-ring (bicyclic) bond motifs is 1. The third-order valence-corrected chi connectivity index (χ3v) is 2.10. The summed E-state index contributed by atoms with van der Waals surface area (Å²) in [5.41, 5.74) is 0.761. The molecular formula is C9H14N6. The van der Waals surface area contributed by atoms with Gasteiger partial charge in [0.1, 0.15) is 5.82 Å². The van der Waals surface area contributed by atoms with Gasteiger partial charge in [0.2, 0.25) is 5.95 Å². The van der Waals surface area contributed by atoms with Gasteiger partial charge in [-0.3, -0.25) is 5.10 Å². The van der Waals surface area contributed by atoms with E-state index in [4.69, 9.17) is 0 Å². The average Bonchev–Trinajstić information content (AvgIpc) is 2.62. The van der Waals surface area contributed by atoms with Gasteiger partial charge in [0.15, 0.2) is 5.65 Å². The summed E-state index contributed by atoms with van der Waals surface area (Å²) in [6.45, 7) is 0. The Morgan fingerprint density at radius 2 is 1.80 bits per heavy atom. The maximum absolute atomic E-state index is 4.45. The molecule has 1 N–H and O–H groups in total. The van der Waals surface area contributed by atoms with E-state index in [0.717, 1.165) is 16.9 Å². The van der Waals surface area contributed by atoms with E-state index in [0.29, 0.717) is 5.95 Å². The molecule has 0 saturated heterocycles. The average molecular weight is 206 g/mol. The first-order valence-electron chi connectivity index (χ1n) is 4.65. The number of nitrogens with zero attached hydrogens (tertiary/aromatic N) is 5. The lowest BCUT2D eigenvalue weighted by atomic mass is 10.4. The second-order valence-corrected chi connectivity index (χ2v) is 3.77. The van der Waals surface area contributed by atoms with Gasteiger partial charge in [-0.25, -0.2) is 0 Å². The van der Waals surface area contributed by atoms with Crippen molar-refractivity contribution in [2.24, 2.45) is 0 Å².